The van der Waals surface area contributed by atoms with Crippen molar-refractivity contribution in [1.29, 1.82) is 0 Å². The quantitative estimate of drug-likeness (QED) is 0.512. The van der Waals surface area contributed by atoms with E-state index < -0.39 is 42.5 Å². The Bertz CT molecular complexity index is 826. The molecule has 2 fully saturated rings. The van der Waals surface area contributed by atoms with Crippen LogP contribution in [-0.4, -0.2) is 47.4 Å². The molecule has 2 N–H and O–H groups in total. The van der Waals surface area contributed by atoms with Crippen molar-refractivity contribution in [3.05, 3.63) is 29.3 Å². The van der Waals surface area contributed by atoms with Crippen molar-refractivity contribution in [3.8, 4) is 0 Å². The zero-order valence-electron chi connectivity index (χ0n) is 17.0. The van der Waals surface area contributed by atoms with Crippen LogP contribution in [0.1, 0.15) is 44.7 Å². The Balaban J connectivity index is 1.54. The number of benzene rings is 1. The Hall–Kier alpha value is -2.90. The molecule has 1 atom stereocenters. The number of esters is 1. The van der Waals surface area contributed by atoms with Crippen molar-refractivity contribution in [2.45, 2.75) is 52.0 Å². The van der Waals surface area contributed by atoms with Crippen molar-refractivity contribution in [3.63, 3.8) is 0 Å². The lowest BCUT2D eigenvalue weighted by Crippen LogP contribution is -2.46. The first-order valence-corrected chi connectivity index (χ1v) is 10.0. The smallest absolute Gasteiger partial charge is 0.326 e. The standard InChI is InChI=1S/C21H27N3O5/c1-4-13-7-6-8-14(5-2)18(13)22-16(25)12-29-17(26)11-24-19(27)21(3,15-9-10-15)23-20(24)28/h6-8,15H,4-5,9-12H2,1-3H3,(H,22,25)(H,23,28)/t21-/m1/s1. The summed E-state index contributed by atoms with van der Waals surface area (Å²) in [5.74, 6) is -1.58. The van der Waals surface area contributed by atoms with Gasteiger partial charge in [-0.3, -0.25) is 19.3 Å². The first-order valence-electron chi connectivity index (χ1n) is 10.0. The van der Waals surface area contributed by atoms with Crippen LogP contribution < -0.4 is 10.6 Å². The summed E-state index contributed by atoms with van der Waals surface area (Å²) in [7, 11) is 0. The van der Waals surface area contributed by atoms with Gasteiger partial charge in [0.25, 0.3) is 11.8 Å². The molecule has 156 valence electrons. The van der Waals surface area contributed by atoms with Crippen LogP contribution in [-0.2, 0) is 32.0 Å². The third-order valence-corrected chi connectivity index (χ3v) is 5.61. The highest BCUT2D eigenvalue weighted by molar-refractivity contribution is 6.09. The number of hydrogen-bond donors (Lipinski definition) is 2. The molecule has 1 aromatic rings. The number of rotatable bonds is 8. The number of aryl methyl sites for hydroxylation is 2. The number of nitrogens with one attached hydrogen (secondary N) is 2. The minimum Gasteiger partial charge on any atom is -0.454 e. The summed E-state index contributed by atoms with van der Waals surface area (Å²) >= 11 is 0. The zero-order chi connectivity index (χ0) is 21.2. The van der Waals surface area contributed by atoms with E-state index in [0.717, 1.165) is 47.4 Å². The minimum atomic E-state index is -0.949. The summed E-state index contributed by atoms with van der Waals surface area (Å²) in [6.45, 7) is 4.69. The molecule has 1 saturated carbocycles. The third-order valence-electron chi connectivity index (χ3n) is 5.61. The number of amides is 4. The van der Waals surface area contributed by atoms with Crippen molar-refractivity contribution >= 4 is 29.5 Å². The van der Waals surface area contributed by atoms with Crippen LogP contribution >= 0.6 is 0 Å². The molecule has 1 saturated heterocycles. The molecule has 1 aromatic carbocycles. The predicted molar refractivity (Wildman–Crippen MR) is 106 cm³/mol. The van der Waals surface area contributed by atoms with E-state index in [1.165, 1.54) is 0 Å². The van der Waals surface area contributed by atoms with E-state index in [-0.39, 0.29) is 5.92 Å². The van der Waals surface area contributed by atoms with Gasteiger partial charge in [0, 0.05) is 5.69 Å². The van der Waals surface area contributed by atoms with Crippen molar-refractivity contribution < 1.29 is 23.9 Å². The third kappa shape index (κ3) is 4.26. The second-order valence-electron chi connectivity index (χ2n) is 7.67. The van der Waals surface area contributed by atoms with Gasteiger partial charge in [0.05, 0.1) is 0 Å². The predicted octanol–water partition coefficient (Wildman–Crippen LogP) is 2.01. The van der Waals surface area contributed by atoms with E-state index in [1.54, 1.807) is 6.92 Å². The fourth-order valence-corrected chi connectivity index (χ4v) is 3.70. The van der Waals surface area contributed by atoms with E-state index in [2.05, 4.69) is 10.6 Å². The highest BCUT2D eigenvalue weighted by atomic mass is 16.5. The number of nitrogens with zero attached hydrogens (tertiary/aromatic N) is 1. The van der Waals surface area contributed by atoms with Crippen LogP contribution in [0.5, 0.6) is 0 Å². The maximum absolute atomic E-state index is 12.5. The summed E-state index contributed by atoms with van der Waals surface area (Å²) < 4.78 is 5.00. The van der Waals surface area contributed by atoms with E-state index >= 15 is 0 Å². The number of para-hydroxylation sites is 1. The SMILES string of the molecule is CCc1cccc(CC)c1NC(=O)COC(=O)CN1C(=O)N[C@](C)(C2CC2)C1=O. The van der Waals surface area contributed by atoms with Crippen LogP contribution in [0.25, 0.3) is 0 Å². The highest BCUT2D eigenvalue weighted by Gasteiger charge is 2.56. The lowest BCUT2D eigenvalue weighted by molar-refractivity contribution is -0.150. The van der Waals surface area contributed by atoms with Gasteiger partial charge in [-0.15, -0.1) is 0 Å². The Labute approximate surface area is 170 Å². The molecule has 8 heteroatoms. The van der Waals surface area contributed by atoms with Crippen LogP contribution in [0.4, 0.5) is 10.5 Å². The number of ether oxygens (including phenoxy) is 1. The van der Waals surface area contributed by atoms with Gasteiger partial charge in [0.15, 0.2) is 6.61 Å². The summed E-state index contributed by atoms with van der Waals surface area (Å²) in [4.78, 5) is 49.9. The Morgan fingerprint density at radius 1 is 1.21 bits per heavy atom. The van der Waals surface area contributed by atoms with Gasteiger partial charge in [-0.05, 0) is 49.7 Å². The topological polar surface area (TPSA) is 105 Å². The summed E-state index contributed by atoms with van der Waals surface area (Å²) in [6.07, 6.45) is 3.27. The number of anilines is 1. The second kappa shape index (κ2) is 8.23. The van der Waals surface area contributed by atoms with E-state index in [0.29, 0.717) is 0 Å². The fraction of sp³-hybridized carbons (Fsp3) is 0.524. The number of carbonyl (C=O) groups is 4. The molecule has 0 spiro atoms. The monoisotopic (exact) mass is 401 g/mol. The number of carbonyl (C=O) groups excluding carboxylic acids is 4. The molecule has 0 bridgehead atoms. The molecule has 0 radical (unpaired) electrons. The number of hydrogen-bond acceptors (Lipinski definition) is 5. The van der Waals surface area contributed by atoms with Gasteiger partial charge < -0.3 is 15.4 Å². The fourth-order valence-electron chi connectivity index (χ4n) is 3.70. The van der Waals surface area contributed by atoms with Crippen LogP contribution in [0.2, 0.25) is 0 Å². The maximum atomic E-state index is 12.5. The molecule has 4 amide bonds. The molecule has 1 heterocycles. The molecule has 29 heavy (non-hydrogen) atoms. The number of imide groups is 1. The summed E-state index contributed by atoms with van der Waals surface area (Å²) in [5, 5.41) is 5.48. The number of urea groups is 1. The average Bonchev–Trinajstić information content (AvgIpc) is 3.52. The van der Waals surface area contributed by atoms with Crippen molar-refractivity contribution in [1.82, 2.24) is 10.2 Å². The molecular formula is C21H27N3O5. The largest absolute Gasteiger partial charge is 0.454 e. The van der Waals surface area contributed by atoms with E-state index in [4.69, 9.17) is 4.74 Å². The first-order chi connectivity index (χ1) is 13.8. The van der Waals surface area contributed by atoms with Gasteiger partial charge in [-0.1, -0.05) is 32.0 Å². The second-order valence-corrected chi connectivity index (χ2v) is 7.67. The van der Waals surface area contributed by atoms with E-state index in [1.807, 2.05) is 32.0 Å². The van der Waals surface area contributed by atoms with Crippen LogP contribution in [0.15, 0.2) is 18.2 Å². The average molecular weight is 401 g/mol. The Morgan fingerprint density at radius 3 is 2.38 bits per heavy atom. The summed E-state index contributed by atoms with van der Waals surface area (Å²) in [5.41, 5.74) is 1.80. The van der Waals surface area contributed by atoms with Gasteiger partial charge in [-0.25, -0.2) is 4.79 Å². The minimum absolute atomic E-state index is 0.108. The Morgan fingerprint density at radius 2 is 1.83 bits per heavy atom. The van der Waals surface area contributed by atoms with Crippen molar-refractivity contribution in [2.75, 3.05) is 18.5 Å². The molecule has 0 aromatic heterocycles. The molecule has 1 aliphatic heterocycles. The van der Waals surface area contributed by atoms with Crippen LogP contribution in [0.3, 0.4) is 0 Å². The lowest BCUT2D eigenvalue weighted by atomic mass is 9.96. The van der Waals surface area contributed by atoms with Crippen LogP contribution in [0, 0.1) is 5.92 Å². The van der Waals surface area contributed by atoms with Gasteiger partial charge >= 0.3 is 12.0 Å². The highest BCUT2D eigenvalue weighted by Crippen LogP contribution is 2.42. The first kappa shape index (κ1) is 20.8. The maximum Gasteiger partial charge on any atom is 0.326 e. The van der Waals surface area contributed by atoms with Gasteiger partial charge in [0.1, 0.15) is 12.1 Å². The zero-order valence-corrected chi connectivity index (χ0v) is 17.0. The van der Waals surface area contributed by atoms with Gasteiger partial charge in [0.2, 0.25) is 0 Å². The molecule has 3 rings (SSSR count). The molecule has 8 nitrogen and oxygen atoms in total. The van der Waals surface area contributed by atoms with Crippen molar-refractivity contribution in [2.24, 2.45) is 5.92 Å². The molecule has 2 aliphatic rings. The molecule has 0 unspecified atom stereocenters. The molecular weight excluding hydrogens is 374 g/mol. The molecule has 1 aliphatic carbocycles. The van der Waals surface area contributed by atoms with Gasteiger partial charge in [-0.2, -0.15) is 0 Å². The summed E-state index contributed by atoms with van der Waals surface area (Å²) in [6, 6.07) is 5.22. The normalized spacial score (nSPS) is 21.1. The van der Waals surface area contributed by atoms with E-state index in [9.17, 15) is 19.2 Å². The Kier molecular flexibility index (Phi) is 5.91. The lowest BCUT2D eigenvalue weighted by Gasteiger charge is -2.20.